The molecule has 2 aliphatic heterocycles. The van der Waals surface area contributed by atoms with E-state index in [0.717, 1.165) is 56.4 Å². The summed E-state index contributed by atoms with van der Waals surface area (Å²) in [6.07, 6.45) is 6.61. The van der Waals surface area contributed by atoms with Gasteiger partial charge in [0.1, 0.15) is 84.5 Å². The van der Waals surface area contributed by atoms with Gasteiger partial charge in [0.2, 0.25) is 11.8 Å². The molecule has 28 heteroatoms. The van der Waals surface area contributed by atoms with Crippen LogP contribution in [0.15, 0.2) is 172 Å². The molecule has 2 N–H and O–H groups in total. The highest BCUT2D eigenvalue weighted by Crippen LogP contribution is 2.58. The minimum Gasteiger partial charge on any atom is -0.460 e. The maximum Gasteiger partial charge on any atom is 0.330 e. The van der Waals surface area contributed by atoms with Gasteiger partial charge in [-0.3, -0.25) is 38.6 Å². The summed E-state index contributed by atoms with van der Waals surface area (Å²) in [4.78, 5) is 145. The Balaban J connectivity index is 1.22. The quantitative estimate of drug-likeness (QED) is 0.00680. The molecular formula is C96H104N4O24. The van der Waals surface area contributed by atoms with Crippen molar-refractivity contribution >= 4 is 102 Å². The van der Waals surface area contributed by atoms with Gasteiger partial charge in [0, 0.05) is 93.7 Å². The summed E-state index contributed by atoms with van der Waals surface area (Å²) in [7, 11) is 0. The molecule has 0 radical (unpaired) electrons. The molecule has 124 heavy (non-hydrogen) atoms. The van der Waals surface area contributed by atoms with Crippen molar-refractivity contribution in [3.05, 3.63) is 216 Å². The van der Waals surface area contributed by atoms with Crippen LogP contribution in [0.25, 0.3) is 43.1 Å². The molecule has 2 heterocycles. The first-order valence-corrected chi connectivity index (χ1v) is 41.6. The largest absolute Gasteiger partial charge is 0.460 e. The van der Waals surface area contributed by atoms with Crippen LogP contribution in [-0.4, -0.2) is 200 Å². The Morgan fingerprint density at radius 2 is 0.565 bits per heavy atom. The molecule has 28 nitrogen and oxygen atoms in total. The van der Waals surface area contributed by atoms with Crippen LogP contribution < -0.4 is 29.6 Å². The van der Waals surface area contributed by atoms with E-state index >= 15 is 28.8 Å². The van der Waals surface area contributed by atoms with Crippen LogP contribution in [0.1, 0.15) is 118 Å². The number of imide groups is 2. The Hall–Kier alpha value is -12.7. The van der Waals surface area contributed by atoms with Crippen molar-refractivity contribution in [2.24, 2.45) is 11.8 Å². The van der Waals surface area contributed by atoms with Gasteiger partial charge in [0.05, 0.1) is 88.3 Å². The van der Waals surface area contributed by atoms with Crippen LogP contribution in [0.3, 0.4) is 0 Å². The van der Waals surface area contributed by atoms with Crippen molar-refractivity contribution in [3.63, 3.8) is 0 Å². The molecular weight excluding hydrogens is 1590 g/mol. The Bertz CT molecular complexity index is 4760. The summed E-state index contributed by atoms with van der Waals surface area (Å²) in [5, 5.41) is 7.09. The van der Waals surface area contributed by atoms with E-state index in [1.165, 1.54) is 24.3 Å². The standard InChI is InChI=1S/C96H104N4O24/c1-11-59(9)89(91(105)97-39-45-111-17-7)99-93(107)69-55-73(121-65-27-19-61(20-28-65)35-41-113-47-51-117-77(101)13-3)83-85-75(123-67-31-23-63(24-32-67)37-43-115-49-53-119-79(103)15-5)57-71-82-72(96(110)100(95(71)109)90(60(10)12-2)92(106)98-40-46-112-18-8)58-76(124-68-33-25-64(26-34-68)38-44-116-50-54-120-80(104)16-6)86(88(82)85)84-74(56-70(94(99)108)81(69)87(83)84)122-66-29-21-62(22-30-66)36-42-114-48-52-118-78(102)14-4/h13-16,19-34,55-60,89-90H,3-6,11-12,17-18,35-54H2,1-2,7-10H3,(H,97,105)(H,98,106). The van der Waals surface area contributed by atoms with Crippen molar-refractivity contribution in [1.29, 1.82) is 0 Å². The van der Waals surface area contributed by atoms with Crippen LogP contribution in [-0.2, 0) is 102 Å². The van der Waals surface area contributed by atoms with Crippen molar-refractivity contribution in [1.82, 2.24) is 20.4 Å². The van der Waals surface area contributed by atoms with Gasteiger partial charge >= 0.3 is 23.9 Å². The molecule has 0 aromatic heterocycles. The van der Waals surface area contributed by atoms with Gasteiger partial charge in [-0.2, -0.15) is 0 Å². The predicted molar refractivity (Wildman–Crippen MR) is 463 cm³/mol. The second kappa shape index (κ2) is 44.9. The van der Waals surface area contributed by atoms with Crippen molar-refractivity contribution < 1.29 is 114 Å². The molecule has 0 spiro atoms. The molecule has 9 aromatic carbocycles. The highest BCUT2D eigenvalue weighted by molar-refractivity contribution is 6.45. The van der Waals surface area contributed by atoms with E-state index in [0.29, 0.717) is 51.7 Å². The smallest absolute Gasteiger partial charge is 0.330 e. The minimum atomic E-state index is -1.40. The summed E-state index contributed by atoms with van der Waals surface area (Å²) < 4.78 is 84.3. The van der Waals surface area contributed by atoms with Crippen molar-refractivity contribution in [3.8, 4) is 46.0 Å². The fourth-order valence-corrected chi connectivity index (χ4v) is 14.7. The number of carbonyl (C=O) groups excluding carboxylic acids is 10. The highest BCUT2D eigenvalue weighted by Gasteiger charge is 2.48. The molecule has 0 saturated heterocycles. The van der Waals surface area contributed by atoms with E-state index in [9.17, 15) is 19.2 Å². The molecule has 9 aromatic rings. The SMILES string of the molecule is C=CC(=O)OCCOCCc1ccc(Oc2cc3c4c(cc(Oc5ccc(CCOCCOC(=O)C=C)cc5)c5c6c(Oc7ccc(CCOCCOC(=O)C=C)cc7)cc7c8c(cc(Oc9ccc(CCOCCOC(=O)C=C)cc9)c(c2c45)c86)C(=O)N(C(C(=O)NCCOCC)C(C)CC)C7=O)C(=O)N(C(C(=O)NCCOCC)C(C)CC)C3=O)cc1. The number of esters is 4. The Kier molecular flexibility index (Phi) is 33.3. The summed E-state index contributed by atoms with van der Waals surface area (Å²) in [6, 6.07) is 31.7. The second-order valence-electron chi connectivity index (χ2n) is 29.2. The lowest BCUT2D eigenvalue weighted by atomic mass is 9.80. The summed E-state index contributed by atoms with van der Waals surface area (Å²) in [5.74, 6) is -7.38. The third kappa shape index (κ3) is 22.4. The summed E-state index contributed by atoms with van der Waals surface area (Å²) in [5.41, 5.74) is 2.97. The number of fused-ring (bicyclic) bond motifs is 2. The Morgan fingerprint density at radius 1 is 0.323 bits per heavy atom. The third-order valence-corrected chi connectivity index (χ3v) is 21.2. The molecule has 11 rings (SSSR count). The lowest BCUT2D eigenvalue weighted by molar-refractivity contribution is -0.140. The van der Waals surface area contributed by atoms with E-state index in [4.69, 9.17) is 66.3 Å². The number of ether oxygens (including phenoxy) is 14. The third-order valence-electron chi connectivity index (χ3n) is 21.2. The number of hydrogen-bond acceptors (Lipinski definition) is 24. The highest BCUT2D eigenvalue weighted by atomic mass is 16.6. The van der Waals surface area contributed by atoms with Gasteiger partial charge in [-0.15, -0.1) is 0 Å². The van der Waals surface area contributed by atoms with E-state index < -0.39 is 83.2 Å². The normalized spacial score (nSPS) is 13.3. The molecule has 0 saturated carbocycles. The first kappa shape index (κ1) is 92.0. The molecule has 4 atom stereocenters. The first-order valence-electron chi connectivity index (χ1n) is 41.6. The fraction of sp³-hybridized carbons (Fsp3) is 0.354. The molecule has 6 amide bonds. The van der Waals surface area contributed by atoms with Gasteiger partial charge in [0.25, 0.3) is 23.6 Å². The summed E-state index contributed by atoms with van der Waals surface area (Å²) >= 11 is 0. The van der Waals surface area contributed by atoms with Gasteiger partial charge in [-0.1, -0.05) is 115 Å². The molecule has 4 unspecified atom stereocenters. The van der Waals surface area contributed by atoms with Gasteiger partial charge < -0.3 is 76.9 Å². The summed E-state index contributed by atoms with van der Waals surface area (Å²) in [6.45, 7) is 27.3. The maximum atomic E-state index is 16.5. The van der Waals surface area contributed by atoms with Gasteiger partial charge in [-0.05, 0) is 146 Å². The van der Waals surface area contributed by atoms with E-state index in [1.807, 2.05) is 76.2 Å². The second-order valence-corrected chi connectivity index (χ2v) is 29.2. The molecule has 0 fully saturated rings. The zero-order valence-electron chi connectivity index (χ0n) is 70.7. The zero-order chi connectivity index (χ0) is 88.3. The van der Waals surface area contributed by atoms with Crippen LogP contribution in [0.2, 0.25) is 0 Å². The van der Waals surface area contributed by atoms with Crippen LogP contribution in [0, 0.1) is 11.8 Å². The van der Waals surface area contributed by atoms with E-state index in [1.54, 1.807) is 62.4 Å². The number of nitrogens with one attached hydrogen (secondary N) is 2. The van der Waals surface area contributed by atoms with Crippen LogP contribution in [0.5, 0.6) is 46.0 Å². The topological polar surface area (TPSA) is 330 Å². The number of carbonyl (C=O) groups is 10. The number of nitrogens with zero attached hydrogens (tertiary/aromatic N) is 2. The average Bonchev–Trinajstić information content (AvgIpc) is 0.669. The first-order chi connectivity index (χ1) is 60.2. The fourth-order valence-electron chi connectivity index (χ4n) is 14.7. The lowest BCUT2D eigenvalue weighted by Crippen LogP contribution is -2.56. The number of benzene rings is 9. The van der Waals surface area contributed by atoms with Gasteiger partial charge in [0.15, 0.2) is 0 Å². The Morgan fingerprint density at radius 3 is 0.782 bits per heavy atom. The minimum absolute atomic E-state index is 0.0124. The lowest BCUT2D eigenvalue weighted by Gasteiger charge is -2.37. The van der Waals surface area contributed by atoms with Gasteiger partial charge in [-0.25, -0.2) is 19.2 Å². The van der Waals surface area contributed by atoms with Crippen LogP contribution in [0.4, 0.5) is 0 Å². The molecule has 652 valence electrons. The molecule has 0 aliphatic carbocycles. The number of hydrogen-bond donors (Lipinski definition) is 2. The van der Waals surface area contributed by atoms with E-state index in [2.05, 4.69) is 36.9 Å². The molecule has 0 bridgehead atoms. The maximum absolute atomic E-state index is 16.5. The Labute approximate surface area is 718 Å². The van der Waals surface area contributed by atoms with Crippen molar-refractivity contribution in [2.75, 3.05) is 119 Å². The van der Waals surface area contributed by atoms with E-state index in [-0.39, 0.29) is 217 Å². The zero-order valence-corrected chi connectivity index (χ0v) is 70.7. The van der Waals surface area contributed by atoms with Crippen LogP contribution >= 0.6 is 0 Å². The number of amides is 6. The van der Waals surface area contributed by atoms with Crippen molar-refractivity contribution in [2.45, 2.75) is 92.2 Å². The average molecular weight is 1700 g/mol. The molecule has 2 aliphatic rings. The number of rotatable bonds is 52. The predicted octanol–water partition coefficient (Wildman–Crippen LogP) is 14.4. The monoisotopic (exact) mass is 1700 g/mol.